The van der Waals surface area contributed by atoms with Crippen LogP contribution in [0.2, 0.25) is 0 Å². The summed E-state index contributed by atoms with van der Waals surface area (Å²) in [6.07, 6.45) is 0.934. The molecule has 1 unspecified atom stereocenters. The highest BCUT2D eigenvalue weighted by atomic mass is 19.4. The maximum Gasteiger partial charge on any atom is 0.416 e. The smallest absolute Gasteiger partial charge is 0.416 e. The number of ether oxygens (including phenoxy) is 1. The van der Waals surface area contributed by atoms with Crippen molar-refractivity contribution in [3.05, 3.63) is 54.1 Å². The van der Waals surface area contributed by atoms with Crippen molar-refractivity contribution in [3.63, 3.8) is 0 Å². The summed E-state index contributed by atoms with van der Waals surface area (Å²) in [5, 5.41) is 12.1. The van der Waals surface area contributed by atoms with E-state index in [0.717, 1.165) is 12.1 Å². The molecule has 126 valence electrons. The van der Waals surface area contributed by atoms with E-state index in [-0.39, 0.29) is 24.8 Å². The molecule has 23 heavy (non-hydrogen) atoms. The van der Waals surface area contributed by atoms with E-state index in [2.05, 4.69) is 5.32 Å². The van der Waals surface area contributed by atoms with Crippen LogP contribution >= 0.6 is 0 Å². The van der Waals surface area contributed by atoms with Crippen molar-refractivity contribution >= 4 is 5.91 Å². The standard InChI is InChI=1S/C16H18F3NO3/c1-2-3-4-5-15(22)20-10-13(21)11-23-14-8-6-12(7-9-14)16(17,18)19/h2-9,13,21H,10-11H2,1H3,(H,20,22). The summed E-state index contributed by atoms with van der Waals surface area (Å²) in [4.78, 5) is 11.3. The van der Waals surface area contributed by atoms with Crippen LogP contribution in [-0.4, -0.2) is 30.3 Å². The zero-order chi connectivity index (χ0) is 17.3. The minimum atomic E-state index is -4.40. The lowest BCUT2D eigenvalue weighted by Crippen LogP contribution is -2.34. The van der Waals surface area contributed by atoms with Crippen LogP contribution in [0.1, 0.15) is 12.5 Å². The average molecular weight is 329 g/mol. The largest absolute Gasteiger partial charge is 0.491 e. The average Bonchev–Trinajstić information content (AvgIpc) is 2.50. The molecule has 0 aliphatic heterocycles. The Kier molecular flexibility index (Phi) is 7.34. The quantitative estimate of drug-likeness (QED) is 0.597. The van der Waals surface area contributed by atoms with Crippen molar-refractivity contribution in [1.29, 1.82) is 0 Å². The molecule has 0 fully saturated rings. The molecular formula is C16H18F3NO3. The highest BCUT2D eigenvalue weighted by molar-refractivity contribution is 5.87. The second kappa shape index (κ2) is 8.99. The first-order valence-electron chi connectivity index (χ1n) is 6.88. The van der Waals surface area contributed by atoms with Crippen LogP contribution in [0.15, 0.2) is 48.6 Å². The van der Waals surface area contributed by atoms with E-state index in [1.54, 1.807) is 18.2 Å². The topological polar surface area (TPSA) is 58.6 Å². The van der Waals surface area contributed by atoms with Crippen molar-refractivity contribution in [2.45, 2.75) is 19.2 Å². The van der Waals surface area contributed by atoms with Gasteiger partial charge in [-0.25, -0.2) is 0 Å². The molecule has 1 rings (SSSR count). The summed E-state index contributed by atoms with van der Waals surface area (Å²) < 4.78 is 42.3. The molecule has 0 saturated carbocycles. The molecule has 0 aromatic heterocycles. The summed E-state index contributed by atoms with van der Waals surface area (Å²) in [7, 11) is 0. The molecular weight excluding hydrogens is 311 g/mol. The number of carbonyl (C=O) groups excluding carboxylic acids is 1. The second-order valence-electron chi connectivity index (χ2n) is 4.62. The first-order valence-corrected chi connectivity index (χ1v) is 6.88. The van der Waals surface area contributed by atoms with Crippen LogP contribution in [0, 0.1) is 0 Å². The van der Waals surface area contributed by atoms with Crippen LogP contribution in [0.3, 0.4) is 0 Å². The van der Waals surface area contributed by atoms with E-state index in [1.807, 2.05) is 6.92 Å². The predicted octanol–water partition coefficient (Wildman–Crippen LogP) is 2.69. The van der Waals surface area contributed by atoms with Crippen LogP contribution < -0.4 is 10.1 Å². The Morgan fingerprint density at radius 1 is 1.30 bits per heavy atom. The molecule has 0 bridgehead atoms. The van der Waals surface area contributed by atoms with Crippen molar-refractivity contribution in [2.24, 2.45) is 0 Å². The second-order valence-corrected chi connectivity index (χ2v) is 4.62. The summed E-state index contributed by atoms with van der Waals surface area (Å²) in [6, 6.07) is 4.15. The number of halogens is 3. The molecule has 1 atom stereocenters. The zero-order valence-electron chi connectivity index (χ0n) is 12.5. The third-order valence-corrected chi connectivity index (χ3v) is 2.69. The Hall–Kier alpha value is -2.28. The third-order valence-electron chi connectivity index (χ3n) is 2.69. The van der Waals surface area contributed by atoms with Gasteiger partial charge in [-0.2, -0.15) is 13.2 Å². The summed E-state index contributed by atoms with van der Waals surface area (Å²) >= 11 is 0. The van der Waals surface area contributed by atoms with Gasteiger partial charge in [0.2, 0.25) is 5.91 Å². The van der Waals surface area contributed by atoms with E-state index in [4.69, 9.17) is 4.74 Å². The third kappa shape index (κ3) is 7.51. The van der Waals surface area contributed by atoms with E-state index >= 15 is 0 Å². The lowest BCUT2D eigenvalue weighted by Gasteiger charge is -2.13. The fraction of sp³-hybridized carbons (Fsp3) is 0.312. The monoisotopic (exact) mass is 329 g/mol. The lowest BCUT2D eigenvalue weighted by molar-refractivity contribution is -0.137. The van der Waals surface area contributed by atoms with Gasteiger partial charge in [-0.3, -0.25) is 4.79 Å². The van der Waals surface area contributed by atoms with Crippen LogP contribution in [0.25, 0.3) is 0 Å². The fourth-order valence-electron chi connectivity index (χ4n) is 1.52. The maximum atomic E-state index is 12.4. The van der Waals surface area contributed by atoms with Crippen LogP contribution in [-0.2, 0) is 11.0 Å². The molecule has 7 heteroatoms. The van der Waals surface area contributed by atoms with Crippen molar-refractivity contribution < 1.29 is 27.8 Å². The Bertz CT molecular complexity index is 551. The van der Waals surface area contributed by atoms with Crippen molar-refractivity contribution in [1.82, 2.24) is 5.32 Å². The number of alkyl halides is 3. The number of amides is 1. The fourth-order valence-corrected chi connectivity index (χ4v) is 1.52. The van der Waals surface area contributed by atoms with Gasteiger partial charge in [-0.1, -0.05) is 18.2 Å². The first-order chi connectivity index (χ1) is 10.8. The number of nitrogens with one attached hydrogen (secondary N) is 1. The molecule has 0 heterocycles. The van der Waals surface area contributed by atoms with Gasteiger partial charge >= 0.3 is 6.18 Å². The number of aliphatic hydroxyl groups excluding tert-OH is 1. The Morgan fingerprint density at radius 2 is 1.96 bits per heavy atom. The van der Waals surface area contributed by atoms with Gasteiger partial charge in [-0.15, -0.1) is 0 Å². The number of rotatable bonds is 7. The van der Waals surface area contributed by atoms with Gasteiger partial charge in [0.25, 0.3) is 0 Å². The summed E-state index contributed by atoms with van der Waals surface area (Å²) in [6.45, 7) is 1.63. The van der Waals surface area contributed by atoms with Crippen molar-refractivity contribution in [2.75, 3.05) is 13.2 Å². The molecule has 0 aliphatic rings. The lowest BCUT2D eigenvalue weighted by atomic mass is 10.2. The van der Waals surface area contributed by atoms with Crippen LogP contribution in [0.5, 0.6) is 5.75 Å². The van der Waals surface area contributed by atoms with Gasteiger partial charge < -0.3 is 15.2 Å². The number of carbonyl (C=O) groups is 1. The van der Waals surface area contributed by atoms with E-state index < -0.39 is 17.8 Å². The van der Waals surface area contributed by atoms with Gasteiger partial charge in [0, 0.05) is 12.6 Å². The van der Waals surface area contributed by atoms with E-state index in [9.17, 15) is 23.1 Å². The van der Waals surface area contributed by atoms with Crippen molar-refractivity contribution in [3.8, 4) is 5.75 Å². The number of aliphatic hydroxyl groups is 1. The predicted molar refractivity (Wildman–Crippen MR) is 79.9 cm³/mol. The van der Waals surface area contributed by atoms with Gasteiger partial charge in [0.05, 0.1) is 5.56 Å². The number of allylic oxidation sites excluding steroid dienone is 3. The number of hydrogen-bond donors (Lipinski definition) is 2. The molecule has 4 nitrogen and oxygen atoms in total. The van der Waals surface area contributed by atoms with Gasteiger partial charge in [0.15, 0.2) is 0 Å². The molecule has 0 aliphatic carbocycles. The molecule has 0 spiro atoms. The Labute approximate surface area is 132 Å². The summed E-state index contributed by atoms with van der Waals surface area (Å²) in [5.74, 6) is -0.159. The normalized spacial score (nSPS) is 13.4. The number of benzene rings is 1. The van der Waals surface area contributed by atoms with E-state index in [1.165, 1.54) is 18.2 Å². The minimum Gasteiger partial charge on any atom is -0.491 e. The Balaban J connectivity index is 2.36. The van der Waals surface area contributed by atoms with Crippen LogP contribution in [0.4, 0.5) is 13.2 Å². The maximum absolute atomic E-state index is 12.4. The number of hydrogen-bond acceptors (Lipinski definition) is 3. The molecule has 2 N–H and O–H groups in total. The highest BCUT2D eigenvalue weighted by Gasteiger charge is 2.30. The molecule has 1 aromatic rings. The molecule has 1 aromatic carbocycles. The highest BCUT2D eigenvalue weighted by Crippen LogP contribution is 2.30. The molecule has 0 radical (unpaired) electrons. The zero-order valence-corrected chi connectivity index (χ0v) is 12.5. The SMILES string of the molecule is CC=CC=CC(=O)NCC(O)COc1ccc(C(F)(F)F)cc1. The molecule has 0 saturated heterocycles. The van der Waals surface area contributed by atoms with Gasteiger partial charge in [0.1, 0.15) is 18.5 Å². The summed E-state index contributed by atoms with van der Waals surface area (Å²) in [5.41, 5.74) is -0.773. The van der Waals surface area contributed by atoms with E-state index in [0.29, 0.717) is 0 Å². The Morgan fingerprint density at radius 3 is 2.52 bits per heavy atom. The van der Waals surface area contributed by atoms with Gasteiger partial charge in [-0.05, 0) is 31.2 Å². The minimum absolute atomic E-state index is 0.0281. The molecule has 1 amide bonds. The first kappa shape index (κ1) is 18.8.